The second kappa shape index (κ2) is 9.05. The maximum Gasteiger partial charge on any atom is 0.272 e. The zero-order chi connectivity index (χ0) is 20.9. The fraction of sp³-hybridized carbons (Fsp3) is 0.167. The van der Waals surface area contributed by atoms with Crippen molar-refractivity contribution in [1.29, 1.82) is 0 Å². The monoisotopic (exact) mass is 419 g/mol. The zero-order valence-corrected chi connectivity index (χ0v) is 17.4. The number of rotatable bonds is 8. The molecule has 0 saturated heterocycles. The van der Waals surface area contributed by atoms with E-state index in [9.17, 15) is 9.59 Å². The van der Waals surface area contributed by atoms with Crippen LogP contribution in [0.1, 0.15) is 24.7 Å². The van der Waals surface area contributed by atoms with E-state index >= 15 is 0 Å². The molecular formula is C24H21NO4S. The van der Waals surface area contributed by atoms with Crippen molar-refractivity contribution in [2.24, 2.45) is 0 Å². The molecule has 1 aliphatic heterocycles. The first-order valence-electron chi connectivity index (χ1n) is 9.75. The van der Waals surface area contributed by atoms with Gasteiger partial charge in [0.1, 0.15) is 11.5 Å². The highest BCUT2D eigenvalue weighted by molar-refractivity contribution is 8.03. The quantitative estimate of drug-likeness (QED) is 0.465. The van der Waals surface area contributed by atoms with Gasteiger partial charge in [0.05, 0.1) is 34.8 Å². The summed E-state index contributed by atoms with van der Waals surface area (Å²) in [6, 6.07) is 20.0. The molecule has 4 rings (SSSR count). The van der Waals surface area contributed by atoms with Crippen molar-refractivity contribution < 1.29 is 18.7 Å². The summed E-state index contributed by atoms with van der Waals surface area (Å²) in [5, 5.41) is 0. The highest BCUT2D eigenvalue weighted by Gasteiger charge is 2.40. The third kappa shape index (κ3) is 4.04. The summed E-state index contributed by atoms with van der Waals surface area (Å²) in [4.78, 5) is 28.4. The summed E-state index contributed by atoms with van der Waals surface area (Å²) >= 11 is 1.32. The van der Waals surface area contributed by atoms with Crippen LogP contribution in [0.4, 0.5) is 5.69 Å². The molecule has 0 bridgehead atoms. The second-order valence-electron chi connectivity index (χ2n) is 6.73. The average molecular weight is 420 g/mol. The van der Waals surface area contributed by atoms with Crippen molar-refractivity contribution >= 4 is 34.8 Å². The lowest BCUT2D eigenvalue weighted by Crippen LogP contribution is -2.31. The number of benzene rings is 2. The molecule has 2 heterocycles. The molecule has 2 aromatic carbocycles. The van der Waals surface area contributed by atoms with E-state index < -0.39 is 0 Å². The SMILES string of the molecule is CCCOc1cccc(N2C(=O)C(SCc3ccco3)=C(c3ccccc3)C2=O)c1. The summed E-state index contributed by atoms with van der Waals surface area (Å²) in [5.74, 6) is 1.18. The summed E-state index contributed by atoms with van der Waals surface area (Å²) < 4.78 is 11.1. The van der Waals surface area contributed by atoms with E-state index in [1.807, 2.05) is 49.4 Å². The standard InChI is InChI=1S/C24H21NO4S/c1-2-13-28-19-11-6-10-18(15-19)25-23(26)21(17-8-4-3-5-9-17)22(24(25)27)30-16-20-12-7-14-29-20/h3-12,14-15H,2,13,16H2,1H3. The molecular weight excluding hydrogens is 398 g/mol. The lowest BCUT2D eigenvalue weighted by atomic mass is 10.1. The van der Waals surface area contributed by atoms with Gasteiger partial charge in [-0.1, -0.05) is 43.3 Å². The van der Waals surface area contributed by atoms with Crippen LogP contribution >= 0.6 is 11.8 Å². The molecule has 0 N–H and O–H groups in total. The Hall–Kier alpha value is -3.25. The highest BCUT2D eigenvalue weighted by atomic mass is 32.2. The van der Waals surface area contributed by atoms with Crippen molar-refractivity contribution in [2.45, 2.75) is 19.1 Å². The molecule has 0 fully saturated rings. The van der Waals surface area contributed by atoms with Crippen LogP contribution in [-0.2, 0) is 15.3 Å². The van der Waals surface area contributed by atoms with Crippen molar-refractivity contribution in [1.82, 2.24) is 0 Å². The van der Waals surface area contributed by atoms with Gasteiger partial charge in [-0.05, 0) is 36.2 Å². The molecule has 0 spiro atoms. The van der Waals surface area contributed by atoms with E-state index in [1.54, 1.807) is 30.5 Å². The fourth-order valence-corrected chi connectivity index (χ4v) is 4.22. The third-order valence-electron chi connectivity index (χ3n) is 4.59. The molecule has 1 aromatic heterocycles. The molecule has 0 unspecified atom stereocenters. The van der Waals surface area contributed by atoms with Gasteiger partial charge in [-0.3, -0.25) is 9.59 Å². The molecule has 6 heteroatoms. The number of hydrogen-bond donors (Lipinski definition) is 0. The van der Waals surface area contributed by atoms with E-state index in [-0.39, 0.29) is 11.8 Å². The number of amides is 2. The van der Waals surface area contributed by atoms with Crippen LogP contribution in [0.25, 0.3) is 5.57 Å². The van der Waals surface area contributed by atoms with Gasteiger partial charge >= 0.3 is 0 Å². The van der Waals surface area contributed by atoms with E-state index in [0.717, 1.165) is 17.7 Å². The Morgan fingerprint density at radius 2 is 1.80 bits per heavy atom. The van der Waals surface area contributed by atoms with Crippen molar-refractivity contribution in [3.05, 3.63) is 89.2 Å². The Kier molecular flexibility index (Phi) is 6.05. The summed E-state index contributed by atoms with van der Waals surface area (Å²) in [5.41, 5.74) is 1.64. The Morgan fingerprint density at radius 1 is 0.967 bits per heavy atom. The minimum Gasteiger partial charge on any atom is -0.494 e. The summed E-state index contributed by atoms with van der Waals surface area (Å²) in [6.45, 7) is 2.60. The van der Waals surface area contributed by atoms with Crippen LogP contribution in [0.2, 0.25) is 0 Å². The van der Waals surface area contributed by atoms with Gasteiger partial charge in [-0.15, -0.1) is 11.8 Å². The van der Waals surface area contributed by atoms with Gasteiger partial charge in [0.15, 0.2) is 0 Å². The molecule has 3 aromatic rings. The lowest BCUT2D eigenvalue weighted by Gasteiger charge is -2.16. The maximum absolute atomic E-state index is 13.4. The van der Waals surface area contributed by atoms with Crippen LogP contribution in [0, 0.1) is 0 Å². The molecule has 2 amide bonds. The number of thioether (sulfide) groups is 1. The Labute approximate surface area is 179 Å². The zero-order valence-electron chi connectivity index (χ0n) is 16.5. The Bertz CT molecular complexity index is 1070. The molecule has 152 valence electrons. The molecule has 0 radical (unpaired) electrons. The number of furan rings is 1. The normalized spacial score (nSPS) is 14.0. The number of ether oxygens (including phenoxy) is 1. The Balaban J connectivity index is 1.69. The van der Waals surface area contributed by atoms with Crippen LogP contribution in [0.5, 0.6) is 5.75 Å². The predicted octanol–water partition coefficient (Wildman–Crippen LogP) is 5.29. The van der Waals surface area contributed by atoms with Crippen LogP contribution < -0.4 is 9.64 Å². The van der Waals surface area contributed by atoms with Crippen LogP contribution in [0.15, 0.2) is 82.3 Å². The summed E-state index contributed by atoms with van der Waals surface area (Å²) in [6.07, 6.45) is 2.47. The smallest absolute Gasteiger partial charge is 0.272 e. The minimum absolute atomic E-state index is 0.331. The van der Waals surface area contributed by atoms with Gasteiger partial charge in [0.2, 0.25) is 0 Å². The number of carbonyl (C=O) groups is 2. The van der Waals surface area contributed by atoms with E-state index in [4.69, 9.17) is 9.15 Å². The largest absolute Gasteiger partial charge is 0.494 e. The number of anilines is 1. The first kappa shape index (κ1) is 20.0. The number of imide groups is 1. The lowest BCUT2D eigenvalue weighted by molar-refractivity contribution is -0.119. The number of nitrogens with zero attached hydrogens (tertiary/aromatic N) is 1. The van der Waals surface area contributed by atoms with Gasteiger partial charge in [-0.2, -0.15) is 0 Å². The van der Waals surface area contributed by atoms with Gasteiger partial charge in [0, 0.05) is 6.07 Å². The van der Waals surface area contributed by atoms with E-state index in [1.165, 1.54) is 16.7 Å². The third-order valence-corrected chi connectivity index (χ3v) is 5.69. The van der Waals surface area contributed by atoms with Crippen molar-refractivity contribution in [2.75, 3.05) is 11.5 Å². The number of carbonyl (C=O) groups excluding carboxylic acids is 2. The van der Waals surface area contributed by atoms with E-state index in [2.05, 4.69) is 0 Å². The van der Waals surface area contributed by atoms with Gasteiger partial charge in [0.25, 0.3) is 11.8 Å². The molecule has 0 saturated carbocycles. The fourth-order valence-electron chi connectivity index (χ4n) is 3.21. The minimum atomic E-state index is -0.333. The molecule has 30 heavy (non-hydrogen) atoms. The first-order valence-corrected chi connectivity index (χ1v) is 10.7. The molecule has 5 nitrogen and oxygen atoms in total. The Morgan fingerprint density at radius 3 is 2.53 bits per heavy atom. The maximum atomic E-state index is 13.4. The average Bonchev–Trinajstić information content (AvgIpc) is 3.37. The molecule has 0 atom stereocenters. The number of hydrogen-bond acceptors (Lipinski definition) is 5. The first-order chi connectivity index (χ1) is 14.7. The van der Waals surface area contributed by atoms with Crippen molar-refractivity contribution in [3.63, 3.8) is 0 Å². The second-order valence-corrected chi connectivity index (χ2v) is 7.72. The van der Waals surface area contributed by atoms with Crippen LogP contribution in [0.3, 0.4) is 0 Å². The topological polar surface area (TPSA) is 59.8 Å². The van der Waals surface area contributed by atoms with E-state index in [0.29, 0.717) is 34.3 Å². The highest BCUT2D eigenvalue weighted by Crippen LogP contribution is 2.40. The van der Waals surface area contributed by atoms with Crippen LogP contribution in [-0.4, -0.2) is 18.4 Å². The van der Waals surface area contributed by atoms with Gasteiger partial charge < -0.3 is 9.15 Å². The van der Waals surface area contributed by atoms with Crippen molar-refractivity contribution in [3.8, 4) is 5.75 Å². The predicted molar refractivity (Wildman–Crippen MR) is 118 cm³/mol. The summed E-state index contributed by atoms with van der Waals surface area (Å²) in [7, 11) is 0. The molecule has 0 aliphatic carbocycles. The molecule has 1 aliphatic rings. The van der Waals surface area contributed by atoms with Gasteiger partial charge in [-0.25, -0.2) is 4.90 Å².